The van der Waals surface area contributed by atoms with Crippen molar-refractivity contribution >= 4 is 27.6 Å². The standard InChI is InChI=1S/C21H16BrNO2/c22-18-12-10-15(11-13-18)19(21(23)25)14-6-8-17(9-7-14)20(24)16-4-2-1-3-5-16/h1-13,19H,(H2,23,25)/t19-/m1/s1. The highest BCUT2D eigenvalue weighted by Crippen LogP contribution is 2.26. The first-order valence-electron chi connectivity index (χ1n) is 7.81. The number of primary amides is 1. The molecule has 124 valence electrons. The van der Waals surface area contributed by atoms with E-state index < -0.39 is 11.8 Å². The van der Waals surface area contributed by atoms with Crippen LogP contribution >= 0.6 is 15.9 Å². The van der Waals surface area contributed by atoms with Crippen LogP contribution in [0.3, 0.4) is 0 Å². The lowest BCUT2D eigenvalue weighted by Gasteiger charge is -2.15. The third kappa shape index (κ3) is 3.86. The highest BCUT2D eigenvalue weighted by atomic mass is 79.9. The maximum absolute atomic E-state index is 12.5. The van der Waals surface area contributed by atoms with Crippen molar-refractivity contribution < 1.29 is 9.59 Å². The van der Waals surface area contributed by atoms with E-state index in [1.807, 2.05) is 42.5 Å². The van der Waals surface area contributed by atoms with E-state index in [9.17, 15) is 9.59 Å². The summed E-state index contributed by atoms with van der Waals surface area (Å²) < 4.78 is 0.934. The first-order valence-corrected chi connectivity index (χ1v) is 8.60. The summed E-state index contributed by atoms with van der Waals surface area (Å²) in [4.78, 5) is 24.4. The number of ketones is 1. The maximum atomic E-state index is 12.5. The molecule has 3 rings (SSSR count). The van der Waals surface area contributed by atoms with Gasteiger partial charge >= 0.3 is 0 Å². The Balaban J connectivity index is 1.91. The summed E-state index contributed by atoms with van der Waals surface area (Å²) in [6, 6.07) is 23.6. The third-order valence-electron chi connectivity index (χ3n) is 4.03. The van der Waals surface area contributed by atoms with Crippen molar-refractivity contribution in [3.63, 3.8) is 0 Å². The van der Waals surface area contributed by atoms with E-state index in [0.29, 0.717) is 11.1 Å². The lowest BCUT2D eigenvalue weighted by atomic mass is 9.89. The van der Waals surface area contributed by atoms with Crippen LogP contribution in [0.15, 0.2) is 83.3 Å². The largest absolute Gasteiger partial charge is 0.369 e. The van der Waals surface area contributed by atoms with Crippen molar-refractivity contribution in [2.24, 2.45) is 5.73 Å². The molecule has 0 fully saturated rings. The molecule has 2 N–H and O–H groups in total. The van der Waals surface area contributed by atoms with Crippen LogP contribution in [0.1, 0.15) is 33.0 Å². The van der Waals surface area contributed by atoms with E-state index in [-0.39, 0.29) is 5.78 Å². The molecule has 0 bridgehead atoms. The molecule has 3 aromatic rings. The quantitative estimate of drug-likeness (QED) is 0.656. The minimum Gasteiger partial charge on any atom is -0.369 e. The summed E-state index contributed by atoms with van der Waals surface area (Å²) in [5.74, 6) is -1.02. The minimum absolute atomic E-state index is 0.0496. The number of rotatable bonds is 5. The molecular weight excluding hydrogens is 378 g/mol. The van der Waals surface area contributed by atoms with Gasteiger partial charge in [0.15, 0.2) is 5.78 Å². The first-order chi connectivity index (χ1) is 12.1. The molecule has 0 aliphatic carbocycles. The lowest BCUT2D eigenvalue weighted by Crippen LogP contribution is -2.22. The van der Waals surface area contributed by atoms with Crippen molar-refractivity contribution in [3.05, 3.63) is 106 Å². The Kier molecular flexibility index (Phi) is 5.10. The van der Waals surface area contributed by atoms with Crippen molar-refractivity contribution in [2.45, 2.75) is 5.92 Å². The molecule has 0 heterocycles. The van der Waals surface area contributed by atoms with Crippen LogP contribution in [-0.2, 0) is 4.79 Å². The number of hydrogen-bond donors (Lipinski definition) is 1. The maximum Gasteiger partial charge on any atom is 0.229 e. The van der Waals surface area contributed by atoms with E-state index in [1.54, 1.807) is 36.4 Å². The van der Waals surface area contributed by atoms with Crippen LogP contribution in [0, 0.1) is 0 Å². The zero-order valence-corrected chi connectivity index (χ0v) is 14.9. The molecule has 3 nitrogen and oxygen atoms in total. The fraction of sp³-hybridized carbons (Fsp3) is 0.0476. The van der Waals surface area contributed by atoms with Gasteiger partial charge in [0.25, 0.3) is 0 Å². The molecule has 25 heavy (non-hydrogen) atoms. The van der Waals surface area contributed by atoms with Gasteiger partial charge < -0.3 is 5.73 Å². The highest BCUT2D eigenvalue weighted by Gasteiger charge is 2.20. The van der Waals surface area contributed by atoms with Crippen LogP contribution in [0.5, 0.6) is 0 Å². The Morgan fingerprint density at radius 2 is 1.20 bits per heavy atom. The molecule has 0 aliphatic rings. The molecule has 0 saturated heterocycles. The molecule has 1 atom stereocenters. The Labute approximate surface area is 154 Å². The Hall–Kier alpha value is -2.72. The zero-order chi connectivity index (χ0) is 17.8. The second-order valence-corrected chi connectivity index (χ2v) is 6.62. The molecule has 1 amide bonds. The van der Waals surface area contributed by atoms with Crippen LogP contribution < -0.4 is 5.73 Å². The van der Waals surface area contributed by atoms with Gasteiger partial charge in [-0.3, -0.25) is 9.59 Å². The Morgan fingerprint density at radius 1 is 0.720 bits per heavy atom. The Morgan fingerprint density at radius 3 is 1.72 bits per heavy atom. The fourth-order valence-electron chi connectivity index (χ4n) is 2.76. The third-order valence-corrected chi connectivity index (χ3v) is 4.56. The molecule has 0 radical (unpaired) electrons. The monoisotopic (exact) mass is 393 g/mol. The summed E-state index contributed by atoms with van der Waals surface area (Å²) >= 11 is 3.38. The second kappa shape index (κ2) is 7.45. The van der Waals surface area contributed by atoms with Gasteiger partial charge in [-0.25, -0.2) is 0 Å². The number of amides is 1. The highest BCUT2D eigenvalue weighted by molar-refractivity contribution is 9.10. The van der Waals surface area contributed by atoms with Crippen molar-refractivity contribution in [1.82, 2.24) is 0 Å². The summed E-state index contributed by atoms with van der Waals surface area (Å²) in [6.45, 7) is 0. The van der Waals surface area contributed by atoms with Crippen molar-refractivity contribution in [1.29, 1.82) is 0 Å². The van der Waals surface area contributed by atoms with Crippen molar-refractivity contribution in [3.8, 4) is 0 Å². The smallest absolute Gasteiger partial charge is 0.229 e. The fourth-order valence-corrected chi connectivity index (χ4v) is 3.02. The molecular formula is C21H16BrNO2. The van der Waals surface area contributed by atoms with Crippen LogP contribution in [0.25, 0.3) is 0 Å². The molecule has 4 heteroatoms. The van der Waals surface area contributed by atoms with E-state index in [4.69, 9.17) is 5.73 Å². The van der Waals surface area contributed by atoms with Crippen LogP contribution in [0.4, 0.5) is 0 Å². The number of benzene rings is 3. The minimum atomic E-state index is -0.547. The average Bonchev–Trinajstić information content (AvgIpc) is 2.64. The zero-order valence-electron chi connectivity index (χ0n) is 13.4. The molecule has 3 aromatic carbocycles. The number of nitrogens with two attached hydrogens (primary N) is 1. The van der Waals surface area contributed by atoms with Crippen LogP contribution in [0.2, 0.25) is 0 Å². The predicted molar refractivity (Wildman–Crippen MR) is 101 cm³/mol. The molecule has 0 aromatic heterocycles. The second-order valence-electron chi connectivity index (χ2n) is 5.70. The molecule has 0 saturated carbocycles. The van der Waals surface area contributed by atoms with E-state index in [2.05, 4.69) is 15.9 Å². The summed E-state index contributed by atoms with van der Waals surface area (Å²) in [7, 11) is 0. The average molecular weight is 394 g/mol. The van der Waals surface area contributed by atoms with Gasteiger partial charge in [-0.1, -0.05) is 82.7 Å². The SMILES string of the molecule is NC(=O)[C@@H](c1ccc(Br)cc1)c1ccc(C(=O)c2ccccc2)cc1. The normalized spacial score (nSPS) is 11.7. The summed E-state index contributed by atoms with van der Waals surface area (Å²) in [5.41, 5.74) is 8.40. The van der Waals surface area contributed by atoms with Gasteiger partial charge in [0, 0.05) is 15.6 Å². The summed E-state index contributed by atoms with van der Waals surface area (Å²) in [6.07, 6.45) is 0. The van der Waals surface area contributed by atoms with Crippen LogP contribution in [-0.4, -0.2) is 11.7 Å². The number of carbonyl (C=O) groups is 2. The van der Waals surface area contributed by atoms with E-state index in [1.165, 1.54) is 0 Å². The topological polar surface area (TPSA) is 60.2 Å². The van der Waals surface area contributed by atoms with Gasteiger partial charge in [0.1, 0.15) is 0 Å². The van der Waals surface area contributed by atoms with E-state index in [0.717, 1.165) is 15.6 Å². The molecule has 0 spiro atoms. The number of halogens is 1. The predicted octanol–water partition coefficient (Wildman–Crippen LogP) is 4.30. The van der Waals surface area contributed by atoms with Gasteiger partial charge in [0.2, 0.25) is 5.91 Å². The first kappa shape index (κ1) is 17.1. The van der Waals surface area contributed by atoms with Gasteiger partial charge in [-0.15, -0.1) is 0 Å². The van der Waals surface area contributed by atoms with Crippen molar-refractivity contribution in [2.75, 3.05) is 0 Å². The van der Waals surface area contributed by atoms with Gasteiger partial charge in [-0.2, -0.15) is 0 Å². The number of carbonyl (C=O) groups excluding carboxylic acids is 2. The Bertz CT molecular complexity index is 887. The molecule has 0 unspecified atom stereocenters. The summed E-state index contributed by atoms with van der Waals surface area (Å²) in [5, 5.41) is 0. The molecule has 0 aliphatic heterocycles. The van der Waals surface area contributed by atoms with E-state index >= 15 is 0 Å². The number of hydrogen-bond acceptors (Lipinski definition) is 2. The lowest BCUT2D eigenvalue weighted by molar-refractivity contribution is -0.118. The van der Waals surface area contributed by atoms with Gasteiger partial charge in [0.05, 0.1) is 5.92 Å². The van der Waals surface area contributed by atoms with Gasteiger partial charge in [-0.05, 0) is 23.3 Å².